The first-order chi connectivity index (χ1) is 10.2. The highest BCUT2D eigenvalue weighted by atomic mass is 15.3. The van der Waals surface area contributed by atoms with Crippen LogP contribution in [0.4, 0.5) is 17.3 Å². The Labute approximate surface area is 123 Å². The number of anilines is 3. The molecule has 106 valence electrons. The summed E-state index contributed by atoms with van der Waals surface area (Å²) in [6, 6.07) is 13.7. The van der Waals surface area contributed by atoms with Crippen molar-refractivity contribution < 1.29 is 0 Å². The van der Waals surface area contributed by atoms with Crippen molar-refractivity contribution in [2.45, 2.75) is 0 Å². The van der Waals surface area contributed by atoms with Crippen LogP contribution in [0.15, 0.2) is 54.9 Å². The van der Waals surface area contributed by atoms with Gasteiger partial charge in [-0.2, -0.15) is 5.10 Å². The molecule has 0 bridgehead atoms. The lowest BCUT2D eigenvalue weighted by Crippen LogP contribution is -2.11. The highest BCUT2D eigenvalue weighted by Crippen LogP contribution is 2.18. The van der Waals surface area contributed by atoms with Crippen LogP contribution in [0.25, 0.3) is 5.69 Å². The topological polar surface area (TPSA) is 58.9 Å². The monoisotopic (exact) mass is 280 g/mol. The van der Waals surface area contributed by atoms with Gasteiger partial charge in [-0.1, -0.05) is 6.07 Å². The summed E-state index contributed by atoms with van der Waals surface area (Å²) in [6.45, 7) is 0. The SMILES string of the molecule is CN(C)c1ccc(Nc2cccc(-n3cccn3)c2)nn1. The molecule has 0 fully saturated rings. The average Bonchev–Trinajstić information content (AvgIpc) is 3.02. The maximum atomic E-state index is 4.22. The summed E-state index contributed by atoms with van der Waals surface area (Å²) in [6.07, 6.45) is 3.66. The number of nitrogens with zero attached hydrogens (tertiary/aromatic N) is 5. The molecule has 2 heterocycles. The summed E-state index contributed by atoms with van der Waals surface area (Å²) in [5.41, 5.74) is 1.93. The second-order valence-electron chi connectivity index (χ2n) is 4.80. The van der Waals surface area contributed by atoms with E-state index in [1.807, 2.05) is 72.3 Å². The van der Waals surface area contributed by atoms with E-state index in [-0.39, 0.29) is 0 Å². The highest BCUT2D eigenvalue weighted by Gasteiger charge is 2.02. The lowest BCUT2D eigenvalue weighted by atomic mass is 10.2. The molecule has 2 aromatic heterocycles. The average molecular weight is 280 g/mol. The third-order valence-electron chi connectivity index (χ3n) is 3.00. The van der Waals surface area contributed by atoms with E-state index in [0.717, 1.165) is 17.2 Å². The van der Waals surface area contributed by atoms with E-state index in [2.05, 4.69) is 20.6 Å². The first-order valence-electron chi connectivity index (χ1n) is 6.60. The van der Waals surface area contributed by atoms with Gasteiger partial charge in [-0.15, -0.1) is 10.2 Å². The number of rotatable bonds is 4. The molecular formula is C15H16N6. The van der Waals surface area contributed by atoms with Gasteiger partial charge < -0.3 is 10.2 Å². The molecule has 6 nitrogen and oxygen atoms in total. The minimum Gasteiger partial charge on any atom is -0.361 e. The number of benzene rings is 1. The number of nitrogens with one attached hydrogen (secondary N) is 1. The maximum Gasteiger partial charge on any atom is 0.153 e. The molecule has 0 aliphatic rings. The van der Waals surface area contributed by atoms with Crippen LogP contribution < -0.4 is 10.2 Å². The van der Waals surface area contributed by atoms with Crippen LogP contribution in [0, 0.1) is 0 Å². The molecule has 0 aliphatic heterocycles. The molecule has 6 heteroatoms. The molecule has 0 saturated heterocycles. The summed E-state index contributed by atoms with van der Waals surface area (Å²) in [5.74, 6) is 1.53. The van der Waals surface area contributed by atoms with Crippen molar-refractivity contribution in [3.05, 3.63) is 54.9 Å². The van der Waals surface area contributed by atoms with Crippen molar-refractivity contribution >= 4 is 17.3 Å². The van der Waals surface area contributed by atoms with Gasteiger partial charge in [0.25, 0.3) is 0 Å². The van der Waals surface area contributed by atoms with E-state index in [1.165, 1.54) is 0 Å². The van der Waals surface area contributed by atoms with E-state index >= 15 is 0 Å². The summed E-state index contributed by atoms with van der Waals surface area (Å²) in [7, 11) is 3.87. The first kappa shape index (κ1) is 13.1. The first-order valence-corrected chi connectivity index (χ1v) is 6.60. The van der Waals surface area contributed by atoms with Gasteiger partial charge in [0.2, 0.25) is 0 Å². The Hall–Kier alpha value is -2.89. The molecule has 0 saturated carbocycles. The maximum absolute atomic E-state index is 4.22. The Balaban J connectivity index is 1.80. The molecule has 0 radical (unpaired) electrons. The predicted molar refractivity (Wildman–Crippen MR) is 83.2 cm³/mol. The molecule has 3 aromatic rings. The number of aromatic nitrogens is 4. The van der Waals surface area contributed by atoms with E-state index in [4.69, 9.17) is 0 Å². The Morgan fingerprint density at radius 1 is 1.05 bits per heavy atom. The second-order valence-corrected chi connectivity index (χ2v) is 4.80. The predicted octanol–water partition coefficient (Wildman–Crippen LogP) is 2.47. The second kappa shape index (κ2) is 5.62. The van der Waals surface area contributed by atoms with Crippen LogP contribution in [0.1, 0.15) is 0 Å². The zero-order valence-corrected chi connectivity index (χ0v) is 11.9. The summed E-state index contributed by atoms with van der Waals surface area (Å²) < 4.78 is 1.81. The highest BCUT2D eigenvalue weighted by molar-refractivity contribution is 5.59. The van der Waals surface area contributed by atoms with Crippen molar-refractivity contribution in [2.24, 2.45) is 0 Å². The number of hydrogen-bond acceptors (Lipinski definition) is 5. The van der Waals surface area contributed by atoms with Gasteiger partial charge in [-0.3, -0.25) is 0 Å². The van der Waals surface area contributed by atoms with Gasteiger partial charge in [0, 0.05) is 32.2 Å². The lowest BCUT2D eigenvalue weighted by Gasteiger charge is -2.11. The van der Waals surface area contributed by atoms with Gasteiger partial charge in [0.15, 0.2) is 11.6 Å². The van der Waals surface area contributed by atoms with Crippen molar-refractivity contribution in [1.82, 2.24) is 20.0 Å². The van der Waals surface area contributed by atoms with Crippen LogP contribution in [0.2, 0.25) is 0 Å². The summed E-state index contributed by atoms with van der Waals surface area (Å²) >= 11 is 0. The van der Waals surface area contributed by atoms with Crippen molar-refractivity contribution in [3.63, 3.8) is 0 Å². The molecule has 0 amide bonds. The van der Waals surface area contributed by atoms with Gasteiger partial charge in [0.1, 0.15) is 0 Å². The van der Waals surface area contributed by atoms with E-state index in [1.54, 1.807) is 6.20 Å². The zero-order chi connectivity index (χ0) is 14.7. The Bertz CT molecular complexity index is 703. The van der Waals surface area contributed by atoms with Gasteiger partial charge in [0.05, 0.1) is 5.69 Å². The fourth-order valence-electron chi connectivity index (χ4n) is 1.93. The Kier molecular flexibility index (Phi) is 3.51. The van der Waals surface area contributed by atoms with E-state index in [0.29, 0.717) is 5.82 Å². The third kappa shape index (κ3) is 3.00. The smallest absolute Gasteiger partial charge is 0.153 e. The molecule has 0 spiro atoms. The Morgan fingerprint density at radius 3 is 2.62 bits per heavy atom. The van der Waals surface area contributed by atoms with Gasteiger partial charge in [-0.05, 0) is 36.4 Å². The fourth-order valence-corrected chi connectivity index (χ4v) is 1.93. The molecule has 3 rings (SSSR count). The van der Waals surface area contributed by atoms with Crippen molar-refractivity contribution in [1.29, 1.82) is 0 Å². The van der Waals surface area contributed by atoms with E-state index in [9.17, 15) is 0 Å². The van der Waals surface area contributed by atoms with Crippen molar-refractivity contribution in [3.8, 4) is 5.69 Å². The van der Waals surface area contributed by atoms with Crippen LogP contribution in [0.3, 0.4) is 0 Å². The summed E-state index contributed by atoms with van der Waals surface area (Å²) in [4.78, 5) is 1.91. The molecule has 0 atom stereocenters. The Morgan fingerprint density at radius 2 is 1.95 bits per heavy atom. The number of hydrogen-bond donors (Lipinski definition) is 1. The van der Waals surface area contributed by atoms with Crippen LogP contribution in [-0.2, 0) is 0 Å². The van der Waals surface area contributed by atoms with Crippen LogP contribution in [-0.4, -0.2) is 34.1 Å². The molecule has 0 aliphatic carbocycles. The van der Waals surface area contributed by atoms with Crippen LogP contribution >= 0.6 is 0 Å². The van der Waals surface area contributed by atoms with Crippen molar-refractivity contribution in [2.75, 3.05) is 24.3 Å². The van der Waals surface area contributed by atoms with E-state index < -0.39 is 0 Å². The molecule has 1 N–H and O–H groups in total. The zero-order valence-electron chi connectivity index (χ0n) is 11.9. The van der Waals surface area contributed by atoms with Gasteiger partial charge in [-0.25, -0.2) is 4.68 Å². The lowest BCUT2D eigenvalue weighted by molar-refractivity contribution is 0.881. The standard InChI is InChI=1S/C15H16N6/c1-20(2)15-8-7-14(18-19-15)17-12-5-3-6-13(11-12)21-10-4-9-16-21/h3-11H,1-2H3,(H,17,18). The molecule has 0 unspecified atom stereocenters. The molecule has 1 aromatic carbocycles. The molecular weight excluding hydrogens is 264 g/mol. The summed E-state index contributed by atoms with van der Waals surface area (Å²) in [5, 5.41) is 15.8. The quantitative estimate of drug-likeness (QED) is 0.795. The third-order valence-corrected chi connectivity index (χ3v) is 3.00. The minimum absolute atomic E-state index is 0.707. The fraction of sp³-hybridized carbons (Fsp3) is 0.133. The normalized spacial score (nSPS) is 10.4. The largest absolute Gasteiger partial charge is 0.361 e. The molecule has 21 heavy (non-hydrogen) atoms. The van der Waals surface area contributed by atoms with Crippen LogP contribution in [0.5, 0.6) is 0 Å². The van der Waals surface area contributed by atoms with Gasteiger partial charge >= 0.3 is 0 Å². The minimum atomic E-state index is 0.707.